The first kappa shape index (κ1) is 33.3. The van der Waals surface area contributed by atoms with E-state index >= 15 is 0 Å². The maximum absolute atomic E-state index is 12.5. The maximum Gasteiger partial charge on any atom is 0.253 e. The van der Waals surface area contributed by atoms with Crippen LogP contribution in [0.25, 0.3) is 16.8 Å². The molecule has 1 saturated heterocycles. The third kappa shape index (κ3) is 7.66. The Kier molecular flexibility index (Phi) is 10.4. The first-order chi connectivity index (χ1) is 24.6. The van der Waals surface area contributed by atoms with Gasteiger partial charge in [-0.05, 0) is 68.6 Å². The molecule has 50 heavy (non-hydrogen) atoms. The van der Waals surface area contributed by atoms with Crippen molar-refractivity contribution >= 4 is 17.7 Å². The summed E-state index contributed by atoms with van der Waals surface area (Å²) in [5, 5.41) is 25.7. The average Bonchev–Trinajstić information content (AvgIpc) is 3.66. The van der Waals surface area contributed by atoms with Crippen LogP contribution in [0.15, 0.2) is 133 Å². The van der Waals surface area contributed by atoms with Gasteiger partial charge in [-0.15, -0.1) is 5.10 Å². The van der Waals surface area contributed by atoms with E-state index in [1.165, 1.54) is 0 Å². The second kappa shape index (κ2) is 15.6. The van der Waals surface area contributed by atoms with Crippen LogP contribution in [0.2, 0.25) is 0 Å². The van der Waals surface area contributed by atoms with Gasteiger partial charge in [0.15, 0.2) is 6.29 Å². The van der Waals surface area contributed by atoms with Crippen molar-refractivity contribution in [3.8, 4) is 16.8 Å². The van der Waals surface area contributed by atoms with E-state index in [9.17, 15) is 9.90 Å². The summed E-state index contributed by atoms with van der Waals surface area (Å²) in [7, 11) is 0. The molecular formula is C39H36N6O4S. The van der Waals surface area contributed by atoms with Crippen LogP contribution in [-0.2, 0) is 22.6 Å². The number of nitrogens with zero attached hydrogens (tertiary/aromatic N) is 5. The second-order valence-corrected chi connectivity index (χ2v) is 13.1. The molecule has 0 spiro atoms. The lowest BCUT2D eigenvalue weighted by Gasteiger charge is -2.41. The van der Waals surface area contributed by atoms with Crippen molar-refractivity contribution in [2.45, 2.75) is 43.7 Å². The Morgan fingerprint density at radius 2 is 1.66 bits per heavy atom. The highest BCUT2D eigenvalue weighted by atomic mass is 32.2. The smallest absolute Gasteiger partial charge is 0.253 e. The highest BCUT2D eigenvalue weighted by molar-refractivity contribution is 7.99. The van der Waals surface area contributed by atoms with E-state index in [0.717, 1.165) is 39.1 Å². The summed E-state index contributed by atoms with van der Waals surface area (Å²) < 4.78 is 15.1. The highest BCUT2D eigenvalue weighted by Gasteiger charge is 2.38. The molecule has 1 aliphatic rings. The van der Waals surface area contributed by atoms with Gasteiger partial charge in [-0.2, -0.15) is 4.68 Å². The van der Waals surface area contributed by atoms with Gasteiger partial charge in [0.2, 0.25) is 5.16 Å². The van der Waals surface area contributed by atoms with E-state index in [0.29, 0.717) is 23.0 Å². The predicted octanol–water partition coefficient (Wildman–Crippen LogP) is 6.73. The monoisotopic (exact) mass is 684 g/mol. The van der Waals surface area contributed by atoms with E-state index in [2.05, 4.69) is 57.0 Å². The molecule has 3 heterocycles. The molecule has 0 bridgehead atoms. The lowest BCUT2D eigenvalue weighted by atomic mass is 9.91. The van der Waals surface area contributed by atoms with Crippen LogP contribution >= 0.6 is 11.8 Å². The molecule has 0 aliphatic carbocycles. The van der Waals surface area contributed by atoms with Gasteiger partial charge in [0.05, 0.1) is 30.1 Å². The standard InChI is InChI=1S/C39H36N6O4S/c1-26-35(25-50-39-42-43-44-45(39)34-10-3-2-4-11-34)48-38(49-36(26)30-14-12-27(24-46)13-15-30)31-18-16-29(17-19-31)32-8-5-7-28(21-32)22-41-37(47)33-9-6-20-40-23-33/h2-21,23,26,35-36,38,46H,22,24-25H2,1H3,(H,41,47)/t26-,35+,36+,38+/m1/s1. The predicted molar refractivity (Wildman–Crippen MR) is 190 cm³/mol. The molecule has 11 heteroatoms. The van der Waals surface area contributed by atoms with E-state index in [1.807, 2.05) is 78.9 Å². The number of para-hydroxylation sites is 1. The Morgan fingerprint density at radius 1 is 0.860 bits per heavy atom. The van der Waals surface area contributed by atoms with E-state index < -0.39 is 6.29 Å². The molecule has 7 rings (SSSR count). The van der Waals surface area contributed by atoms with Crippen LogP contribution in [-0.4, -0.2) is 48.1 Å². The molecule has 1 aliphatic heterocycles. The lowest BCUT2D eigenvalue weighted by Crippen LogP contribution is -2.38. The summed E-state index contributed by atoms with van der Waals surface area (Å²) in [6.45, 7) is 2.53. The number of carbonyl (C=O) groups excluding carboxylic acids is 1. The zero-order valence-electron chi connectivity index (χ0n) is 27.4. The van der Waals surface area contributed by atoms with Crippen molar-refractivity contribution in [2.75, 3.05) is 5.75 Å². The fourth-order valence-corrected chi connectivity index (χ4v) is 7.00. The summed E-state index contributed by atoms with van der Waals surface area (Å²) in [5.41, 5.74) is 7.26. The first-order valence-electron chi connectivity index (χ1n) is 16.4. The van der Waals surface area contributed by atoms with Crippen molar-refractivity contribution in [3.63, 3.8) is 0 Å². The molecule has 4 aromatic carbocycles. The normalized spacial score (nSPS) is 18.8. The van der Waals surface area contributed by atoms with Crippen molar-refractivity contribution in [3.05, 3.63) is 155 Å². The lowest BCUT2D eigenvalue weighted by molar-refractivity contribution is -0.268. The van der Waals surface area contributed by atoms with Crippen LogP contribution in [0, 0.1) is 5.92 Å². The van der Waals surface area contributed by atoms with Crippen LogP contribution < -0.4 is 5.32 Å². The van der Waals surface area contributed by atoms with Gasteiger partial charge >= 0.3 is 0 Å². The van der Waals surface area contributed by atoms with Crippen molar-refractivity contribution < 1.29 is 19.4 Å². The molecule has 252 valence electrons. The van der Waals surface area contributed by atoms with E-state index in [4.69, 9.17) is 9.47 Å². The number of rotatable bonds is 11. The Balaban J connectivity index is 1.08. The van der Waals surface area contributed by atoms with Gasteiger partial charge in [-0.1, -0.05) is 104 Å². The minimum absolute atomic E-state index is 0.0143. The molecule has 6 aromatic rings. The minimum Gasteiger partial charge on any atom is -0.392 e. The highest BCUT2D eigenvalue weighted by Crippen LogP contribution is 2.43. The summed E-state index contributed by atoms with van der Waals surface area (Å²) in [6, 6.07) is 37.5. The SMILES string of the molecule is C[C@@H]1[C@H](CSc2nnnn2-c2ccccc2)O[C@H](c2ccc(-c3cccc(CNC(=O)c4cccnc4)c3)cc2)O[C@@H]1c1ccc(CO)cc1. The molecular weight excluding hydrogens is 649 g/mol. The van der Waals surface area contributed by atoms with Gasteiger partial charge in [-0.25, -0.2) is 0 Å². The number of benzene rings is 4. The summed E-state index contributed by atoms with van der Waals surface area (Å²) in [4.78, 5) is 16.6. The van der Waals surface area contributed by atoms with Gasteiger partial charge in [0.25, 0.3) is 5.91 Å². The molecule has 1 amide bonds. The maximum atomic E-state index is 12.5. The van der Waals surface area contributed by atoms with Crippen molar-refractivity contribution in [1.82, 2.24) is 30.5 Å². The average molecular weight is 685 g/mol. The minimum atomic E-state index is -0.604. The van der Waals surface area contributed by atoms with E-state index in [-0.39, 0.29) is 30.6 Å². The largest absolute Gasteiger partial charge is 0.392 e. The number of aliphatic hydroxyl groups excluding tert-OH is 1. The first-order valence-corrected chi connectivity index (χ1v) is 17.4. The van der Waals surface area contributed by atoms with Gasteiger partial charge in [-0.3, -0.25) is 9.78 Å². The summed E-state index contributed by atoms with van der Waals surface area (Å²) in [5.74, 6) is 0.464. The topological polar surface area (TPSA) is 124 Å². The summed E-state index contributed by atoms with van der Waals surface area (Å²) in [6.07, 6.45) is 2.18. The van der Waals surface area contributed by atoms with Crippen LogP contribution in [0.5, 0.6) is 0 Å². The number of hydrogen-bond acceptors (Lipinski definition) is 9. The molecule has 0 unspecified atom stereocenters. The second-order valence-electron chi connectivity index (χ2n) is 12.1. The Hall–Kier alpha value is -5.20. The third-order valence-corrected chi connectivity index (χ3v) is 9.77. The fraction of sp³-hybridized carbons (Fsp3) is 0.205. The number of carbonyl (C=O) groups is 1. The van der Waals surface area contributed by atoms with Crippen LogP contribution in [0.4, 0.5) is 0 Å². The van der Waals surface area contributed by atoms with Crippen molar-refractivity contribution in [2.24, 2.45) is 5.92 Å². The number of nitrogens with one attached hydrogen (secondary N) is 1. The number of aliphatic hydroxyl groups is 1. The quantitative estimate of drug-likeness (QED) is 0.143. The molecule has 0 radical (unpaired) electrons. The number of pyridine rings is 1. The zero-order chi connectivity index (χ0) is 34.3. The molecule has 10 nitrogen and oxygen atoms in total. The molecule has 2 N–H and O–H groups in total. The Bertz CT molecular complexity index is 2010. The van der Waals surface area contributed by atoms with Gasteiger partial charge in [0.1, 0.15) is 0 Å². The summed E-state index contributed by atoms with van der Waals surface area (Å²) >= 11 is 1.55. The molecule has 2 aromatic heterocycles. The Morgan fingerprint density at radius 3 is 2.42 bits per heavy atom. The number of ether oxygens (including phenoxy) is 2. The molecule has 0 saturated carbocycles. The van der Waals surface area contributed by atoms with E-state index in [1.54, 1.807) is 41.0 Å². The number of thioether (sulfide) groups is 1. The van der Waals surface area contributed by atoms with Crippen molar-refractivity contribution in [1.29, 1.82) is 0 Å². The molecule has 1 fully saturated rings. The Labute approximate surface area is 294 Å². The number of aromatic nitrogens is 5. The molecule has 4 atom stereocenters. The number of amides is 1. The van der Waals surface area contributed by atoms with Crippen LogP contribution in [0.1, 0.15) is 51.9 Å². The zero-order valence-corrected chi connectivity index (χ0v) is 28.2. The fourth-order valence-electron chi connectivity index (χ4n) is 5.94. The number of tetrazole rings is 1. The number of hydrogen-bond donors (Lipinski definition) is 2. The van der Waals surface area contributed by atoms with Crippen LogP contribution in [0.3, 0.4) is 0 Å². The van der Waals surface area contributed by atoms with Gasteiger partial charge in [0, 0.05) is 36.2 Å². The third-order valence-electron chi connectivity index (χ3n) is 8.76. The van der Waals surface area contributed by atoms with Gasteiger partial charge < -0.3 is 19.9 Å².